The van der Waals surface area contributed by atoms with Gasteiger partial charge in [-0.2, -0.15) is 5.10 Å². The Kier molecular flexibility index (Phi) is 7.56. The van der Waals surface area contributed by atoms with Crippen molar-refractivity contribution in [1.82, 2.24) is 9.78 Å². The van der Waals surface area contributed by atoms with Crippen LogP contribution >= 0.6 is 11.6 Å². The molecule has 8 nitrogen and oxygen atoms in total. The van der Waals surface area contributed by atoms with Crippen molar-refractivity contribution in [3.63, 3.8) is 0 Å². The third kappa shape index (κ3) is 5.04. The molecule has 0 fully saturated rings. The summed E-state index contributed by atoms with van der Waals surface area (Å²) in [6, 6.07) is 21.3. The number of carbonyl (C=O) groups excluding carboxylic acids is 2. The molecule has 1 heterocycles. The second-order valence-electron chi connectivity index (χ2n) is 7.58. The van der Waals surface area contributed by atoms with Crippen molar-refractivity contribution >= 4 is 23.5 Å². The molecule has 0 atom stereocenters. The Balaban J connectivity index is 1.85. The number of para-hydroxylation sites is 1. The molecule has 0 saturated heterocycles. The number of hydrogen-bond donors (Lipinski definition) is 0. The Hall–Kier alpha value is -4.30. The lowest BCUT2D eigenvalue weighted by Gasteiger charge is -2.12. The monoisotopic (exact) mass is 506 g/mol. The van der Waals surface area contributed by atoms with Gasteiger partial charge in [0, 0.05) is 16.1 Å². The van der Waals surface area contributed by atoms with Crippen molar-refractivity contribution in [2.75, 3.05) is 21.3 Å². The van der Waals surface area contributed by atoms with E-state index < -0.39 is 11.9 Å². The summed E-state index contributed by atoms with van der Waals surface area (Å²) in [5, 5.41) is 5.18. The fourth-order valence-electron chi connectivity index (χ4n) is 3.71. The van der Waals surface area contributed by atoms with Gasteiger partial charge in [-0.15, -0.1) is 0 Å². The molecular formula is C27H23ClN2O6. The second kappa shape index (κ2) is 11.0. The van der Waals surface area contributed by atoms with E-state index in [-0.39, 0.29) is 23.6 Å². The molecule has 0 amide bonds. The van der Waals surface area contributed by atoms with Crippen molar-refractivity contribution in [3.8, 4) is 28.4 Å². The first kappa shape index (κ1) is 24.8. The van der Waals surface area contributed by atoms with Crippen molar-refractivity contribution in [2.24, 2.45) is 0 Å². The van der Waals surface area contributed by atoms with E-state index in [0.29, 0.717) is 33.3 Å². The molecule has 3 aromatic carbocycles. The molecule has 4 aromatic rings. The summed E-state index contributed by atoms with van der Waals surface area (Å²) in [6.07, 6.45) is 0. The summed E-state index contributed by atoms with van der Waals surface area (Å²) in [7, 11) is 4.03. The van der Waals surface area contributed by atoms with Crippen LogP contribution in [0.25, 0.3) is 16.9 Å². The van der Waals surface area contributed by atoms with E-state index >= 15 is 0 Å². The zero-order valence-corrected chi connectivity index (χ0v) is 20.6. The Morgan fingerprint density at radius 2 is 1.64 bits per heavy atom. The molecular weight excluding hydrogens is 484 g/mol. The average molecular weight is 507 g/mol. The van der Waals surface area contributed by atoms with E-state index in [1.165, 1.54) is 18.9 Å². The molecule has 0 aliphatic rings. The van der Waals surface area contributed by atoms with Crippen LogP contribution in [-0.2, 0) is 16.1 Å². The van der Waals surface area contributed by atoms with Gasteiger partial charge in [0.05, 0.1) is 27.0 Å². The summed E-state index contributed by atoms with van der Waals surface area (Å²) in [4.78, 5) is 25.7. The third-order valence-corrected chi connectivity index (χ3v) is 5.63. The number of esters is 2. The molecule has 0 unspecified atom stereocenters. The summed E-state index contributed by atoms with van der Waals surface area (Å²) in [5.74, 6) is -0.279. The minimum absolute atomic E-state index is 0.0138. The van der Waals surface area contributed by atoms with E-state index in [4.69, 9.17) is 30.5 Å². The lowest BCUT2D eigenvalue weighted by molar-refractivity contribution is 0.0549. The Morgan fingerprint density at radius 3 is 2.31 bits per heavy atom. The minimum atomic E-state index is -0.726. The maximum absolute atomic E-state index is 12.9. The highest BCUT2D eigenvalue weighted by Gasteiger charge is 2.31. The predicted octanol–water partition coefficient (Wildman–Crippen LogP) is 5.35. The van der Waals surface area contributed by atoms with Crippen LogP contribution in [0.1, 0.15) is 26.4 Å². The van der Waals surface area contributed by atoms with Crippen LogP contribution in [0.5, 0.6) is 11.5 Å². The third-order valence-electron chi connectivity index (χ3n) is 5.40. The quantitative estimate of drug-likeness (QED) is 0.297. The molecule has 0 spiro atoms. The molecule has 36 heavy (non-hydrogen) atoms. The summed E-state index contributed by atoms with van der Waals surface area (Å²) >= 11 is 6.06. The van der Waals surface area contributed by atoms with Gasteiger partial charge in [-0.3, -0.25) is 0 Å². The Labute approximate surface area is 212 Å². The normalized spacial score (nSPS) is 10.6. The van der Waals surface area contributed by atoms with E-state index in [1.807, 2.05) is 6.07 Å². The van der Waals surface area contributed by atoms with Crippen LogP contribution < -0.4 is 9.47 Å². The van der Waals surface area contributed by atoms with Gasteiger partial charge in [-0.05, 0) is 48.5 Å². The van der Waals surface area contributed by atoms with Crippen LogP contribution in [0.15, 0.2) is 72.8 Å². The molecule has 0 bridgehead atoms. The molecule has 184 valence electrons. The summed E-state index contributed by atoms with van der Waals surface area (Å²) < 4.78 is 22.8. The summed E-state index contributed by atoms with van der Waals surface area (Å²) in [5.41, 5.74) is 2.02. The number of ether oxygens (including phenoxy) is 4. The first-order valence-corrected chi connectivity index (χ1v) is 11.2. The maximum atomic E-state index is 12.9. The van der Waals surface area contributed by atoms with Gasteiger partial charge < -0.3 is 18.9 Å². The van der Waals surface area contributed by atoms with Gasteiger partial charge >= 0.3 is 11.9 Å². The SMILES string of the molecule is COC(=O)c1c(-c2ccc(OC)c(COc3cccc(Cl)c3)c2)nn(-c2ccccc2)c1C(=O)OC. The van der Waals surface area contributed by atoms with Crippen LogP contribution in [0.2, 0.25) is 5.02 Å². The second-order valence-corrected chi connectivity index (χ2v) is 8.01. The van der Waals surface area contributed by atoms with Crippen LogP contribution in [0, 0.1) is 0 Å². The molecule has 0 saturated carbocycles. The molecule has 4 rings (SSSR count). The fourth-order valence-corrected chi connectivity index (χ4v) is 3.89. The van der Waals surface area contributed by atoms with Crippen molar-refractivity contribution in [3.05, 3.63) is 94.6 Å². The van der Waals surface area contributed by atoms with Gasteiger partial charge in [0.2, 0.25) is 0 Å². The smallest absolute Gasteiger partial charge is 0.357 e. The van der Waals surface area contributed by atoms with Gasteiger partial charge in [0.15, 0.2) is 5.69 Å². The summed E-state index contributed by atoms with van der Waals surface area (Å²) in [6.45, 7) is 0.161. The van der Waals surface area contributed by atoms with Gasteiger partial charge in [0.1, 0.15) is 29.4 Å². The van der Waals surface area contributed by atoms with Gasteiger partial charge in [0.25, 0.3) is 0 Å². The highest BCUT2D eigenvalue weighted by atomic mass is 35.5. The number of methoxy groups -OCH3 is 3. The lowest BCUT2D eigenvalue weighted by atomic mass is 10.0. The number of carbonyl (C=O) groups is 2. The number of halogens is 1. The number of benzene rings is 3. The Bertz CT molecular complexity index is 1400. The Morgan fingerprint density at radius 1 is 0.889 bits per heavy atom. The minimum Gasteiger partial charge on any atom is -0.496 e. The van der Waals surface area contributed by atoms with E-state index in [2.05, 4.69) is 5.10 Å². The molecule has 0 aliphatic carbocycles. The zero-order valence-electron chi connectivity index (χ0n) is 19.9. The van der Waals surface area contributed by atoms with Crippen molar-refractivity contribution < 1.29 is 28.5 Å². The number of rotatable bonds is 8. The first-order valence-electron chi connectivity index (χ1n) is 10.9. The molecule has 0 N–H and O–H groups in total. The molecule has 1 aromatic heterocycles. The zero-order chi connectivity index (χ0) is 25.7. The van der Waals surface area contributed by atoms with E-state index in [1.54, 1.807) is 73.8 Å². The molecule has 0 aliphatic heterocycles. The highest BCUT2D eigenvalue weighted by Crippen LogP contribution is 2.33. The van der Waals surface area contributed by atoms with Crippen molar-refractivity contribution in [1.29, 1.82) is 0 Å². The van der Waals surface area contributed by atoms with Crippen LogP contribution in [0.4, 0.5) is 0 Å². The van der Waals surface area contributed by atoms with Gasteiger partial charge in [-0.25, -0.2) is 14.3 Å². The van der Waals surface area contributed by atoms with Gasteiger partial charge in [-0.1, -0.05) is 35.9 Å². The predicted molar refractivity (Wildman–Crippen MR) is 134 cm³/mol. The number of aromatic nitrogens is 2. The number of hydrogen-bond acceptors (Lipinski definition) is 7. The van der Waals surface area contributed by atoms with E-state index in [0.717, 1.165) is 0 Å². The fraction of sp³-hybridized carbons (Fsp3) is 0.148. The number of nitrogens with zero attached hydrogens (tertiary/aromatic N) is 2. The maximum Gasteiger partial charge on any atom is 0.357 e. The molecule has 0 radical (unpaired) electrons. The first-order chi connectivity index (χ1) is 17.5. The average Bonchev–Trinajstić information content (AvgIpc) is 3.32. The standard InChI is InChI=1S/C27H23ClN2O6/c1-33-22-13-12-17(14-18(22)16-36-21-11-7-8-19(28)15-21)24-23(26(31)34-2)25(27(32)35-3)30(29-24)20-9-5-4-6-10-20/h4-15H,16H2,1-3H3. The highest BCUT2D eigenvalue weighted by molar-refractivity contribution is 6.30. The van der Waals surface area contributed by atoms with E-state index in [9.17, 15) is 9.59 Å². The lowest BCUT2D eigenvalue weighted by Crippen LogP contribution is -2.15. The van der Waals surface area contributed by atoms with Crippen LogP contribution in [-0.4, -0.2) is 43.0 Å². The van der Waals surface area contributed by atoms with Crippen LogP contribution in [0.3, 0.4) is 0 Å². The topological polar surface area (TPSA) is 88.9 Å². The molecule has 9 heteroatoms. The van der Waals surface area contributed by atoms with Crippen molar-refractivity contribution in [2.45, 2.75) is 6.61 Å². The largest absolute Gasteiger partial charge is 0.496 e.